The molecule has 0 atom stereocenters. The lowest BCUT2D eigenvalue weighted by atomic mass is 10.1. The summed E-state index contributed by atoms with van der Waals surface area (Å²) in [6.45, 7) is 7.48. The predicted molar refractivity (Wildman–Crippen MR) is 74.9 cm³/mol. The second kappa shape index (κ2) is 6.54. The summed E-state index contributed by atoms with van der Waals surface area (Å²) < 4.78 is 1.70. The summed E-state index contributed by atoms with van der Waals surface area (Å²) >= 11 is 0. The Bertz CT molecular complexity index is 420. The van der Waals surface area contributed by atoms with Crippen LogP contribution < -0.4 is 16.6 Å². The SMILES string of the molecule is CC(C)(C)n1ccnc(NCCCCCN)c1=O. The number of nitrogens with zero attached hydrogens (tertiary/aromatic N) is 2. The smallest absolute Gasteiger partial charge is 0.293 e. The average molecular weight is 252 g/mol. The Morgan fingerprint density at radius 1 is 1.33 bits per heavy atom. The first-order valence-electron chi connectivity index (χ1n) is 6.49. The summed E-state index contributed by atoms with van der Waals surface area (Å²) in [4.78, 5) is 16.3. The zero-order valence-corrected chi connectivity index (χ0v) is 11.6. The van der Waals surface area contributed by atoms with Crippen molar-refractivity contribution in [2.24, 2.45) is 5.73 Å². The normalized spacial score (nSPS) is 11.6. The van der Waals surface area contributed by atoms with Gasteiger partial charge in [0.1, 0.15) is 0 Å². The summed E-state index contributed by atoms with van der Waals surface area (Å²) in [5.74, 6) is 0.431. The van der Waals surface area contributed by atoms with Crippen LogP contribution in [0.5, 0.6) is 0 Å². The average Bonchev–Trinajstić information content (AvgIpc) is 2.29. The van der Waals surface area contributed by atoms with Gasteiger partial charge in [-0.2, -0.15) is 0 Å². The van der Waals surface area contributed by atoms with E-state index < -0.39 is 0 Å². The largest absolute Gasteiger partial charge is 0.365 e. The van der Waals surface area contributed by atoms with Gasteiger partial charge in [-0.25, -0.2) is 4.98 Å². The molecule has 5 heteroatoms. The molecule has 3 N–H and O–H groups in total. The topological polar surface area (TPSA) is 72.9 Å². The van der Waals surface area contributed by atoms with Gasteiger partial charge in [0.15, 0.2) is 5.82 Å². The highest BCUT2D eigenvalue weighted by molar-refractivity contribution is 5.30. The van der Waals surface area contributed by atoms with Crippen LogP contribution in [0.15, 0.2) is 17.2 Å². The van der Waals surface area contributed by atoms with Crippen LogP contribution in [-0.2, 0) is 5.54 Å². The van der Waals surface area contributed by atoms with E-state index in [2.05, 4.69) is 10.3 Å². The van der Waals surface area contributed by atoms with Gasteiger partial charge >= 0.3 is 0 Å². The maximum absolute atomic E-state index is 12.2. The third kappa shape index (κ3) is 4.14. The van der Waals surface area contributed by atoms with E-state index in [1.807, 2.05) is 20.8 Å². The van der Waals surface area contributed by atoms with Gasteiger partial charge in [0.2, 0.25) is 0 Å². The van der Waals surface area contributed by atoms with E-state index in [0.717, 1.165) is 32.4 Å². The van der Waals surface area contributed by atoms with Crippen molar-refractivity contribution >= 4 is 5.82 Å². The lowest BCUT2D eigenvalue weighted by Gasteiger charge is -2.22. The van der Waals surface area contributed by atoms with Gasteiger partial charge in [-0.1, -0.05) is 6.42 Å². The molecule has 0 aromatic carbocycles. The number of unbranched alkanes of at least 4 members (excludes halogenated alkanes) is 2. The van der Waals surface area contributed by atoms with Crippen molar-refractivity contribution in [3.63, 3.8) is 0 Å². The van der Waals surface area contributed by atoms with Crippen molar-refractivity contribution in [1.29, 1.82) is 0 Å². The first-order chi connectivity index (χ1) is 8.46. The van der Waals surface area contributed by atoms with Crippen LogP contribution in [0.1, 0.15) is 40.0 Å². The molecular formula is C13H24N4O. The fourth-order valence-corrected chi connectivity index (χ4v) is 1.71. The van der Waals surface area contributed by atoms with Gasteiger partial charge in [0, 0.05) is 24.5 Å². The van der Waals surface area contributed by atoms with Gasteiger partial charge in [-0.15, -0.1) is 0 Å². The number of nitrogens with one attached hydrogen (secondary N) is 1. The maximum Gasteiger partial charge on any atom is 0.293 e. The fourth-order valence-electron chi connectivity index (χ4n) is 1.71. The number of hydrogen-bond acceptors (Lipinski definition) is 4. The third-order valence-corrected chi connectivity index (χ3v) is 2.74. The molecule has 102 valence electrons. The lowest BCUT2D eigenvalue weighted by molar-refractivity contribution is 0.383. The van der Waals surface area contributed by atoms with E-state index in [1.165, 1.54) is 0 Å². The molecule has 1 rings (SSSR count). The number of nitrogens with two attached hydrogens (primary N) is 1. The lowest BCUT2D eigenvalue weighted by Crippen LogP contribution is -2.35. The summed E-state index contributed by atoms with van der Waals surface area (Å²) in [5.41, 5.74) is 5.14. The van der Waals surface area contributed by atoms with E-state index in [1.54, 1.807) is 17.0 Å². The van der Waals surface area contributed by atoms with E-state index in [9.17, 15) is 4.79 Å². The molecule has 0 radical (unpaired) electrons. The van der Waals surface area contributed by atoms with Gasteiger partial charge in [0.25, 0.3) is 5.56 Å². The zero-order valence-electron chi connectivity index (χ0n) is 11.6. The van der Waals surface area contributed by atoms with Gasteiger partial charge in [0.05, 0.1) is 0 Å². The number of rotatable bonds is 6. The molecule has 0 bridgehead atoms. The van der Waals surface area contributed by atoms with Crippen LogP contribution in [0.3, 0.4) is 0 Å². The number of anilines is 1. The monoisotopic (exact) mass is 252 g/mol. The molecule has 1 heterocycles. The van der Waals surface area contributed by atoms with E-state index in [-0.39, 0.29) is 11.1 Å². The molecule has 0 fully saturated rings. The van der Waals surface area contributed by atoms with Crippen LogP contribution in [0.2, 0.25) is 0 Å². The van der Waals surface area contributed by atoms with Crippen molar-refractivity contribution < 1.29 is 0 Å². The summed E-state index contributed by atoms with van der Waals surface area (Å²) in [7, 11) is 0. The Hall–Kier alpha value is -1.36. The Balaban J connectivity index is 2.65. The van der Waals surface area contributed by atoms with Crippen LogP contribution in [0.25, 0.3) is 0 Å². The highest BCUT2D eigenvalue weighted by Crippen LogP contribution is 2.10. The Morgan fingerprint density at radius 2 is 2.06 bits per heavy atom. The highest BCUT2D eigenvalue weighted by Gasteiger charge is 2.16. The first-order valence-corrected chi connectivity index (χ1v) is 6.49. The van der Waals surface area contributed by atoms with Crippen molar-refractivity contribution in [3.05, 3.63) is 22.7 Å². The Labute approximate surface area is 108 Å². The molecule has 0 amide bonds. The maximum atomic E-state index is 12.2. The molecule has 0 aliphatic carbocycles. The third-order valence-electron chi connectivity index (χ3n) is 2.74. The molecule has 0 aliphatic heterocycles. The molecule has 5 nitrogen and oxygen atoms in total. The summed E-state index contributed by atoms with van der Waals surface area (Å²) in [6.07, 6.45) is 6.49. The van der Waals surface area contributed by atoms with Crippen molar-refractivity contribution in [3.8, 4) is 0 Å². The van der Waals surface area contributed by atoms with E-state index in [4.69, 9.17) is 5.73 Å². The van der Waals surface area contributed by atoms with Crippen molar-refractivity contribution in [2.45, 2.75) is 45.6 Å². The van der Waals surface area contributed by atoms with Gasteiger partial charge in [-0.3, -0.25) is 4.79 Å². The van der Waals surface area contributed by atoms with Crippen LogP contribution in [-0.4, -0.2) is 22.6 Å². The predicted octanol–water partition coefficient (Wildman–Crippen LogP) is 1.54. The van der Waals surface area contributed by atoms with Gasteiger partial charge in [-0.05, 0) is 40.2 Å². The van der Waals surface area contributed by atoms with Crippen molar-refractivity contribution in [2.75, 3.05) is 18.4 Å². The second-order valence-corrected chi connectivity index (χ2v) is 5.40. The number of aromatic nitrogens is 2. The van der Waals surface area contributed by atoms with E-state index >= 15 is 0 Å². The second-order valence-electron chi connectivity index (χ2n) is 5.40. The Kier molecular flexibility index (Phi) is 5.34. The molecule has 1 aromatic heterocycles. The van der Waals surface area contributed by atoms with Crippen LogP contribution in [0.4, 0.5) is 5.82 Å². The summed E-state index contributed by atoms with van der Waals surface area (Å²) in [5, 5.41) is 3.10. The molecule has 18 heavy (non-hydrogen) atoms. The Morgan fingerprint density at radius 3 is 2.67 bits per heavy atom. The van der Waals surface area contributed by atoms with Crippen molar-refractivity contribution in [1.82, 2.24) is 9.55 Å². The molecule has 1 aromatic rings. The molecule has 0 unspecified atom stereocenters. The summed E-state index contributed by atoms with van der Waals surface area (Å²) in [6, 6.07) is 0. The molecule has 0 spiro atoms. The molecular weight excluding hydrogens is 228 g/mol. The minimum atomic E-state index is -0.226. The number of hydrogen-bond donors (Lipinski definition) is 2. The van der Waals surface area contributed by atoms with E-state index in [0.29, 0.717) is 5.82 Å². The van der Waals surface area contributed by atoms with Crippen LogP contribution in [0, 0.1) is 0 Å². The minimum absolute atomic E-state index is 0.0659. The molecule has 0 saturated heterocycles. The minimum Gasteiger partial charge on any atom is -0.365 e. The first kappa shape index (κ1) is 14.7. The molecule has 0 aliphatic rings. The standard InChI is InChI=1S/C13H24N4O/c1-13(2,3)17-10-9-16-11(12(17)18)15-8-6-4-5-7-14/h9-10H,4-8,14H2,1-3H3,(H,15,16). The van der Waals surface area contributed by atoms with Gasteiger partial charge < -0.3 is 15.6 Å². The highest BCUT2D eigenvalue weighted by atomic mass is 16.1. The quantitative estimate of drug-likeness (QED) is 0.753. The fraction of sp³-hybridized carbons (Fsp3) is 0.692. The van der Waals surface area contributed by atoms with Crippen LogP contribution >= 0.6 is 0 Å². The molecule has 0 saturated carbocycles. The zero-order chi connectivity index (χ0) is 13.6.